The highest BCUT2D eigenvalue weighted by atomic mass is 35.5. The summed E-state index contributed by atoms with van der Waals surface area (Å²) in [5.74, 6) is 0.359. The van der Waals surface area contributed by atoms with Crippen LogP contribution in [0.5, 0.6) is 0 Å². The number of morpholine rings is 1. The molecule has 0 bridgehead atoms. The molecule has 1 unspecified atom stereocenters. The molecule has 88 valence electrons. The molecule has 0 saturated carbocycles. The van der Waals surface area contributed by atoms with Crippen molar-refractivity contribution in [2.75, 3.05) is 25.6 Å². The highest BCUT2D eigenvalue weighted by molar-refractivity contribution is 6.18. The third-order valence-corrected chi connectivity index (χ3v) is 3.06. The Morgan fingerprint density at radius 2 is 2.56 bits per heavy atom. The maximum Gasteiger partial charge on any atom is 0.272 e. The summed E-state index contributed by atoms with van der Waals surface area (Å²) >= 11 is 5.82. The number of rotatable bonds is 2. The van der Waals surface area contributed by atoms with Gasteiger partial charge in [0.1, 0.15) is 5.69 Å². The molecule has 1 amide bonds. The van der Waals surface area contributed by atoms with Crippen LogP contribution in [0.4, 0.5) is 0 Å². The minimum absolute atomic E-state index is 0.0334. The van der Waals surface area contributed by atoms with Crippen LogP contribution in [0, 0.1) is 0 Å². The Morgan fingerprint density at radius 1 is 1.75 bits per heavy atom. The number of hydrogen-bond donors (Lipinski definition) is 0. The number of carbonyl (C=O) groups is 1. The lowest BCUT2D eigenvalue weighted by atomic mass is 10.2. The Labute approximate surface area is 99.0 Å². The first kappa shape index (κ1) is 11.4. The van der Waals surface area contributed by atoms with Crippen LogP contribution in [0.3, 0.4) is 0 Å². The molecule has 0 radical (unpaired) electrons. The van der Waals surface area contributed by atoms with Gasteiger partial charge in [-0.3, -0.25) is 4.79 Å². The van der Waals surface area contributed by atoms with Crippen LogP contribution in [0.15, 0.2) is 12.5 Å². The predicted molar refractivity (Wildman–Crippen MR) is 59.6 cm³/mol. The van der Waals surface area contributed by atoms with E-state index in [9.17, 15) is 4.79 Å². The van der Waals surface area contributed by atoms with Gasteiger partial charge in [0.2, 0.25) is 0 Å². The van der Waals surface area contributed by atoms with E-state index in [1.807, 2.05) is 0 Å². The van der Waals surface area contributed by atoms with Gasteiger partial charge in [-0.2, -0.15) is 0 Å². The third-order valence-electron chi connectivity index (χ3n) is 2.70. The number of aryl methyl sites for hydroxylation is 1. The van der Waals surface area contributed by atoms with Crippen LogP contribution in [0.25, 0.3) is 0 Å². The summed E-state index contributed by atoms with van der Waals surface area (Å²) in [5, 5.41) is 0. The zero-order valence-corrected chi connectivity index (χ0v) is 9.85. The molecule has 0 aromatic carbocycles. The van der Waals surface area contributed by atoms with Gasteiger partial charge < -0.3 is 14.2 Å². The van der Waals surface area contributed by atoms with E-state index in [2.05, 4.69) is 4.98 Å². The molecule has 0 spiro atoms. The summed E-state index contributed by atoms with van der Waals surface area (Å²) in [6, 6.07) is -0.0437. The zero-order chi connectivity index (χ0) is 11.5. The number of carbonyl (C=O) groups excluding carboxylic acids is 1. The van der Waals surface area contributed by atoms with Crippen LogP contribution in [-0.4, -0.2) is 52.0 Å². The minimum atomic E-state index is -0.0437. The average molecular weight is 244 g/mol. The lowest BCUT2D eigenvalue weighted by Gasteiger charge is -2.34. The van der Waals surface area contributed by atoms with E-state index in [4.69, 9.17) is 16.3 Å². The molecule has 0 N–H and O–H groups in total. The fourth-order valence-corrected chi connectivity index (χ4v) is 2.02. The van der Waals surface area contributed by atoms with Gasteiger partial charge in [0.05, 0.1) is 31.8 Å². The Kier molecular flexibility index (Phi) is 3.46. The lowest BCUT2D eigenvalue weighted by molar-refractivity contribution is 0.00404. The maximum atomic E-state index is 12.2. The summed E-state index contributed by atoms with van der Waals surface area (Å²) in [7, 11) is 1.80. The standard InChI is InChI=1S/C10H14ClN3O2/c1-13-7-12-5-9(13)10(15)14-2-3-16-6-8(14)4-11/h5,7-8H,2-4,6H2,1H3. The smallest absolute Gasteiger partial charge is 0.272 e. The fraction of sp³-hybridized carbons (Fsp3) is 0.600. The summed E-state index contributed by atoms with van der Waals surface area (Å²) in [6.45, 7) is 1.66. The van der Waals surface area contributed by atoms with Gasteiger partial charge in [0, 0.05) is 19.5 Å². The van der Waals surface area contributed by atoms with Gasteiger partial charge >= 0.3 is 0 Å². The molecule has 16 heavy (non-hydrogen) atoms. The summed E-state index contributed by atoms with van der Waals surface area (Å²) in [5.41, 5.74) is 0.581. The Bertz CT molecular complexity index is 380. The lowest BCUT2D eigenvalue weighted by Crippen LogP contribution is -2.50. The van der Waals surface area contributed by atoms with Gasteiger partial charge in [0.15, 0.2) is 0 Å². The topological polar surface area (TPSA) is 47.4 Å². The summed E-state index contributed by atoms with van der Waals surface area (Å²) in [6.07, 6.45) is 3.19. The van der Waals surface area contributed by atoms with Gasteiger partial charge in [-0.05, 0) is 0 Å². The van der Waals surface area contributed by atoms with Crippen molar-refractivity contribution in [1.82, 2.24) is 14.5 Å². The normalized spacial score (nSPS) is 21.1. The number of ether oxygens (including phenoxy) is 1. The molecule has 1 aromatic heterocycles. The van der Waals surface area contributed by atoms with Gasteiger partial charge in [-0.1, -0.05) is 0 Å². The minimum Gasteiger partial charge on any atom is -0.377 e. The second kappa shape index (κ2) is 4.84. The van der Waals surface area contributed by atoms with Crippen molar-refractivity contribution in [3.8, 4) is 0 Å². The number of alkyl halides is 1. The van der Waals surface area contributed by atoms with Crippen molar-refractivity contribution in [1.29, 1.82) is 0 Å². The Morgan fingerprint density at radius 3 is 3.19 bits per heavy atom. The van der Waals surface area contributed by atoms with Crippen LogP contribution in [0.1, 0.15) is 10.5 Å². The largest absolute Gasteiger partial charge is 0.377 e. The molecule has 1 atom stereocenters. The molecule has 1 aromatic rings. The van der Waals surface area contributed by atoms with E-state index in [0.717, 1.165) is 0 Å². The molecule has 5 nitrogen and oxygen atoms in total. The van der Waals surface area contributed by atoms with Crippen LogP contribution in [0.2, 0.25) is 0 Å². The first-order chi connectivity index (χ1) is 7.74. The Hall–Kier alpha value is -1.07. The second-order valence-electron chi connectivity index (χ2n) is 3.77. The van der Waals surface area contributed by atoms with Crippen molar-refractivity contribution < 1.29 is 9.53 Å². The van der Waals surface area contributed by atoms with E-state index < -0.39 is 0 Å². The number of halogens is 1. The molecule has 1 aliphatic rings. The predicted octanol–water partition coefficient (Wildman–Crippen LogP) is 0.500. The van der Waals surface area contributed by atoms with E-state index in [1.165, 1.54) is 0 Å². The van der Waals surface area contributed by atoms with Crippen molar-refractivity contribution in [2.24, 2.45) is 7.05 Å². The van der Waals surface area contributed by atoms with Crippen molar-refractivity contribution in [2.45, 2.75) is 6.04 Å². The van der Waals surface area contributed by atoms with Gasteiger partial charge in [-0.15, -0.1) is 11.6 Å². The second-order valence-corrected chi connectivity index (χ2v) is 4.08. The van der Waals surface area contributed by atoms with Gasteiger partial charge in [-0.25, -0.2) is 4.98 Å². The monoisotopic (exact) mass is 243 g/mol. The number of amides is 1. The molecule has 1 fully saturated rings. The molecular formula is C10H14ClN3O2. The molecule has 2 heterocycles. The van der Waals surface area contributed by atoms with Gasteiger partial charge in [0.25, 0.3) is 5.91 Å². The summed E-state index contributed by atoms with van der Waals surface area (Å²) in [4.78, 5) is 17.9. The number of nitrogens with zero attached hydrogens (tertiary/aromatic N) is 3. The quantitative estimate of drug-likeness (QED) is 0.711. The zero-order valence-electron chi connectivity index (χ0n) is 9.10. The van der Waals surface area contributed by atoms with E-state index >= 15 is 0 Å². The Balaban J connectivity index is 2.17. The number of hydrogen-bond acceptors (Lipinski definition) is 3. The molecular weight excluding hydrogens is 230 g/mol. The van der Waals surface area contributed by atoms with E-state index in [-0.39, 0.29) is 11.9 Å². The number of imidazole rings is 1. The molecule has 1 aliphatic heterocycles. The van der Waals surface area contributed by atoms with E-state index in [1.54, 1.807) is 29.0 Å². The first-order valence-electron chi connectivity index (χ1n) is 5.15. The molecule has 0 aliphatic carbocycles. The van der Waals surface area contributed by atoms with E-state index in [0.29, 0.717) is 31.3 Å². The SMILES string of the molecule is Cn1cncc1C(=O)N1CCOCC1CCl. The summed E-state index contributed by atoms with van der Waals surface area (Å²) < 4.78 is 7.01. The van der Waals surface area contributed by atoms with Crippen LogP contribution < -0.4 is 0 Å². The number of aromatic nitrogens is 2. The maximum absolute atomic E-state index is 12.2. The fourth-order valence-electron chi connectivity index (χ4n) is 1.76. The van der Waals surface area contributed by atoms with Crippen molar-refractivity contribution in [3.05, 3.63) is 18.2 Å². The van der Waals surface area contributed by atoms with Crippen LogP contribution in [-0.2, 0) is 11.8 Å². The molecule has 2 rings (SSSR count). The third kappa shape index (κ3) is 2.05. The van der Waals surface area contributed by atoms with Crippen LogP contribution >= 0.6 is 11.6 Å². The highest BCUT2D eigenvalue weighted by Crippen LogP contribution is 2.13. The highest BCUT2D eigenvalue weighted by Gasteiger charge is 2.28. The molecule has 6 heteroatoms. The molecule has 1 saturated heterocycles. The van der Waals surface area contributed by atoms with Crippen molar-refractivity contribution in [3.63, 3.8) is 0 Å². The first-order valence-corrected chi connectivity index (χ1v) is 5.68. The average Bonchev–Trinajstić information content (AvgIpc) is 2.74. The van der Waals surface area contributed by atoms with Crippen molar-refractivity contribution >= 4 is 17.5 Å².